The van der Waals surface area contributed by atoms with Gasteiger partial charge in [-0.2, -0.15) is 0 Å². The van der Waals surface area contributed by atoms with E-state index in [0.717, 1.165) is 12.0 Å². The monoisotopic (exact) mass is 417 g/mol. The molecule has 7 heteroatoms. The van der Waals surface area contributed by atoms with Crippen LogP contribution in [0.3, 0.4) is 0 Å². The fourth-order valence-electron chi connectivity index (χ4n) is 3.02. The maximum Gasteiger partial charge on any atom is 0.235 e. The van der Waals surface area contributed by atoms with Crippen molar-refractivity contribution in [1.82, 2.24) is 10.5 Å². The average Bonchev–Trinajstić information content (AvgIpc) is 3.04. The highest BCUT2D eigenvalue weighted by atomic mass is 32.2. The first-order valence-corrected chi connectivity index (χ1v) is 11.1. The number of nitrogens with one attached hydrogen (secondary N) is 2. The van der Waals surface area contributed by atoms with Gasteiger partial charge < -0.3 is 15.2 Å². The summed E-state index contributed by atoms with van der Waals surface area (Å²) < 4.78 is 4.91. The molecular weight excluding hydrogens is 386 g/mol. The van der Waals surface area contributed by atoms with Gasteiger partial charge in [-0.1, -0.05) is 57.1 Å². The van der Waals surface area contributed by atoms with Crippen molar-refractivity contribution < 1.29 is 14.1 Å². The Hall–Kier alpha value is -2.28. The number of thioether (sulfide) groups is 1. The van der Waals surface area contributed by atoms with E-state index >= 15 is 0 Å². The quantitative estimate of drug-likeness (QED) is 0.600. The molecule has 0 radical (unpaired) electrons. The maximum atomic E-state index is 12.4. The van der Waals surface area contributed by atoms with Crippen LogP contribution in [0.2, 0.25) is 0 Å². The molecule has 2 rings (SSSR count). The van der Waals surface area contributed by atoms with E-state index < -0.39 is 0 Å². The number of hydrogen-bond donors (Lipinski definition) is 2. The second kappa shape index (κ2) is 11.0. The summed E-state index contributed by atoms with van der Waals surface area (Å²) in [5, 5.41) is 9.46. The van der Waals surface area contributed by atoms with Crippen LogP contribution >= 0.6 is 11.8 Å². The first kappa shape index (κ1) is 23.0. The summed E-state index contributed by atoms with van der Waals surface area (Å²) >= 11 is 1.27. The van der Waals surface area contributed by atoms with E-state index in [9.17, 15) is 9.59 Å². The van der Waals surface area contributed by atoms with Crippen molar-refractivity contribution in [2.24, 2.45) is 11.8 Å². The molecule has 0 spiro atoms. The van der Waals surface area contributed by atoms with Crippen molar-refractivity contribution in [2.75, 3.05) is 16.8 Å². The van der Waals surface area contributed by atoms with Crippen LogP contribution in [-0.4, -0.2) is 28.5 Å². The fourth-order valence-corrected chi connectivity index (χ4v) is 3.65. The minimum atomic E-state index is -0.211. The van der Waals surface area contributed by atoms with Gasteiger partial charge in [-0.3, -0.25) is 9.59 Å². The van der Waals surface area contributed by atoms with Gasteiger partial charge in [0.2, 0.25) is 11.8 Å². The third kappa shape index (κ3) is 7.93. The molecule has 1 aromatic carbocycles. The number of aromatic nitrogens is 1. The first-order valence-electron chi connectivity index (χ1n) is 9.93. The average molecular weight is 418 g/mol. The number of aryl methyl sites for hydroxylation is 1. The molecule has 6 nitrogen and oxygen atoms in total. The minimum absolute atomic E-state index is 0.0527. The Balaban J connectivity index is 1.82. The molecule has 0 fully saturated rings. The smallest absolute Gasteiger partial charge is 0.235 e. The highest BCUT2D eigenvalue weighted by Gasteiger charge is 2.18. The molecule has 0 aliphatic heterocycles. The van der Waals surface area contributed by atoms with Gasteiger partial charge in [0.15, 0.2) is 5.82 Å². The molecule has 1 unspecified atom stereocenters. The molecule has 1 aromatic heterocycles. The molecule has 2 amide bonds. The van der Waals surface area contributed by atoms with E-state index in [2.05, 4.69) is 67.8 Å². The van der Waals surface area contributed by atoms with Crippen LogP contribution < -0.4 is 10.6 Å². The number of carbonyl (C=O) groups excluding carboxylic acids is 2. The summed E-state index contributed by atoms with van der Waals surface area (Å²) in [6.45, 7) is 10.3. The second-order valence-electron chi connectivity index (χ2n) is 7.99. The van der Waals surface area contributed by atoms with Gasteiger partial charge in [-0.15, -0.1) is 11.8 Å². The zero-order valence-electron chi connectivity index (χ0n) is 17.8. The predicted molar refractivity (Wildman–Crippen MR) is 118 cm³/mol. The lowest BCUT2D eigenvalue weighted by molar-refractivity contribution is -0.119. The number of amides is 2. The van der Waals surface area contributed by atoms with Crippen molar-refractivity contribution in [3.05, 3.63) is 47.2 Å². The lowest BCUT2D eigenvalue weighted by Crippen LogP contribution is -2.33. The van der Waals surface area contributed by atoms with Crippen molar-refractivity contribution in [2.45, 2.75) is 47.1 Å². The lowest BCUT2D eigenvalue weighted by atomic mass is 9.94. The van der Waals surface area contributed by atoms with Gasteiger partial charge in [-0.25, -0.2) is 0 Å². The van der Waals surface area contributed by atoms with Crippen LogP contribution in [0, 0.1) is 18.8 Å². The van der Waals surface area contributed by atoms with E-state index in [1.165, 1.54) is 17.3 Å². The van der Waals surface area contributed by atoms with Gasteiger partial charge in [-0.05, 0) is 36.3 Å². The van der Waals surface area contributed by atoms with Gasteiger partial charge in [0.1, 0.15) is 5.76 Å². The molecule has 29 heavy (non-hydrogen) atoms. The third-order valence-corrected chi connectivity index (χ3v) is 5.26. The fraction of sp³-hybridized carbons (Fsp3) is 0.500. The van der Waals surface area contributed by atoms with Crippen LogP contribution in [-0.2, 0) is 16.0 Å². The van der Waals surface area contributed by atoms with Gasteiger partial charge in [0.25, 0.3) is 0 Å². The molecule has 0 saturated carbocycles. The molecule has 1 heterocycles. The number of carbonyl (C=O) groups is 2. The molecule has 1 atom stereocenters. The van der Waals surface area contributed by atoms with Crippen molar-refractivity contribution in [3.8, 4) is 0 Å². The van der Waals surface area contributed by atoms with E-state index in [1.54, 1.807) is 13.0 Å². The molecular formula is C22H31N3O3S. The Bertz CT molecular complexity index is 800. The zero-order chi connectivity index (χ0) is 21.4. The number of nitrogens with zero attached hydrogens (tertiary/aromatic N) is 1. The number of anilines is 1. The number of benzene rings is 1. The summed E-state index contributed by atoms with van der Waals surface area (Å²) in [6.07, 6.45) is 1.05. The largest absolute Gasteiger partial charge is 0.360 e. The highest BCUT2D eigenvalue weighted by Crippen LogP contribution is 2.23. The van der Waals surface area contributed by atoms with Crippen molar-refractivity contribution >= 4 is 29.4 Å². The van der Waals surface area contributed by atoms with E-state index in [-0.39, 0.29) is 35.3 Å². The van der Waals surface area contributed by atoms with Crippen molar-refractivity contribution in [3.63, 3.8) is 0 Å². The Labute approximate surface area is 177 Å². The molecule has 0 saturated heterocycles. The number of hydrogen-bond acceptors (Lipinski definition) is 5. The summed E-state index contributed by atoms with van der Waals surface area (Å²) in [4.78, 5) is 24.3. The summed E-state index contributed by atoms with van der Waals surface area (Å²) in [5.41, 5.74) is 2.41. The molecule has 158 valence electrons. The summed E-state index contributed by atoms with van der Waals surface area (Å²) in [7, 11) is 0. The van der Waals surface area contributed by atoms with Gasteiger partial charge >= 0.3 is 0 Å². The van der Waals surface area contributed by atoms with Crippen LogP contribution in [0.1, 0.15) is 50.6 Å². The topological polar surface area (TPSA) is 84.2 Å². The minimum Gasteiger partial charge on any atom is -0.360 e. The number of rotatable bonds is 10. The van der Waals surface area contributed by atoms with Crippen LogP contribution in [0.5, 0.6) is 0 Å². The van der Waals surface area contributed by atoms with Crippen LogP contribution in [0.15, 0.2) is 34.9 Å². The Morgan fingerprint density at radius 3 is 2.28 bits per heavy atom. The Morgan fingerprint density at radius 1 is 1.07 bits per heavy atom. The standard InChI is InChI=1S/C22H31N3O3S/c1-14(2)10-17-6-8-18(9-7-17)22(15(3)4)24-21(27)13-29-12-20(26)23-19-11-16(5)28-25-19/h6-9,11,14-15,22H,10,12-13H2,1-5H3,(H,24,27)(H,23,25,26). The maximum absolute atomic E-state index is 12.4. The van der Waals surface area contributed by atoms with E-state index in [0.29, 0.717) is 17.5 Å². The molecule has 2 aromatic rings. The third-order valence-electron chi connectivity index (χ3n) is 4.33. The highest BCUT2D eigenvalue weighted by molar-refractivity contribution is 8.00. The summed E-state index contributed by atoms with van der Waals surface area (Å²) in [6, 6.07) is 10.1. The van der Waals surface area contributed by atoms with Crippen molar-refractivity contribution in [1.29, 1.82) is 0 Å². The molecule has 0 bridgehead atoms. The van der Waals surface area contributed by atoms with Crippen LogP contribution in [0.25, 0.3) is 0 Å². The molecule has 0 aliphatic rings. The van der Waals surface area contributed by atoms with Gasteiger partial charge in [0.05, 0.1) is 17.5 Å². The van der Waals surface area contributed by atoms with Gasteiger partial charge in [0, 0.05) is 6.07 Å². The van der Waals surface area contributed by atoms with Crippen LogP contribution in [0.4, 0.5) is 5.82 Å². The SMILES string of the molecule is Cc1cc(NC(=O)CSCC(=O)NC(c2ccc(CC(C)C)cc2)C(C)C)no1. The lowest BCUT2D eigenvalue weighted by Gasteiger charge is -2.23. The molecule has 2 N–H and O–H groups in total. The normalized spacial score (nSPS) is 12.2. The Kier molecular flexibility index (Phi) is 8.76. The zero-order valence-corrected chi connectivity index (χ0v) is 18.6. The summed E-state index contributed by atoms with van der Waals surface area (Å²) in [5.74, 6) is 2.00. The predicted octanol–water partition coefficient (Wildman–Crippen LogP) is 4.37. The Morgan fingerprint density at radius 2 is 1.72 bits per heavy atom. The second-order valence-corrected chi connectivity index (χ2v) is 8.98. The van der Waals surface area contributed by atoms with E-state index in [1.807, 2.05) is 0 Å². The first-order chi connectivity index (χ1) is 13.7. The molecule has 0 aliphatic carbocycles. The van der Waals surface area contributed by atoms with E-state index in [4.69, 9.17) is 4.52 Å².